The fourth-order valence-corrected chi connectivity index (χ4v) is 4.42. The van der Waals surface area contributed by atoms with E-state index in [0.29, 0.717) is 0 Å². The van der Waals surface area contributed by atoms with Crippen molar-refractivity contribution in [2.75, 3.05) is 37.6 Å². The lowest BCUT2D eigenvalue weighted by atomic mass is 10.0. The summed E-state index contributed by atoms with van der Waals surface area (Å²) in [6, 6.07) is 14.7. The standard InChI is InChI=1S/C24H27N5O/c1-16-17(2)24(30)25-21-8-7-18(15-20(16)21)9-10-28-11-13-29(14-12-28)23-19-5-3-4-6-22(19)26-27-23/h3-8,15H,9-14H2,1-2H3,(H,25,30)(H,26,27). The summed E-state index contributed by atoms with van der Waals surface area (Å²) in [5.74, 6) is 1.07. The number of piperazine rings is 1. The summed E-state index contributed by atoms with van der Waals surface area (Å²) in [5.41, 5.74) is 5.23. The molecule has 3 heterocycles. The van der Waals surface area contributed by atoms with E-state index in [4.69, 9.17) is 0 Å². The molecule has 0 bridgehead atoms. The number of aryl methyl sites for hydroxylation is 1. The third kappa shape index (κ3) is 3.37. The maximum Gasteiger partial charge on any atom is 0.251 e. The monoisotopic (exact) mass is 401 g/mol. The van der Waals surface area contributed by atoms with Gasteiger partial charge in [-0.3, -0.25) is 14.8 Å². The first-order chi connectivity index (χ1) is 14.6. The van der Waals surface area contributed by atoms with E-state index in [9.17, 15) is 4.79 Å². The number of para-hydroxylation sites is 1. The summed E-state index contributed by atoms with van der Waals surface area (Å²) in [6.45, 7) is 9.04. The molecule has 2 aromatic carbocycles. The van der Waals surface area contributed by atoms with Gasteiger partial charge < -0.3 is 9.88 Å². The van der Waals surface area contributed by atoms with Crippen LogP contribution >= 0.6 is 0 Å². The Bertz CT molecular complexity index is 1260. The van der Waals surface area contributed by atoms with Crippen molar-refractivity contribution in [3.05, 3.63) is 69.5 Å². The molecule has 5 rings (SSSR count). The summed E-state index contributed by atoms with van der Waals surface area (Å²) in [6.07, 6.45) is 1.01. The molecule has 0 amide bonds. The molecule has 1 aliphatic heterocycles. The van der Waals surface area contributed by atoms with Crippen molar-refractivity contribution in [3.8, 4) is 0 Å². The predicted molar refractivity (Wildman–Crippen MR) is 122 cm³/mol. The molecule has 0 saturated carbocycles. The average Bonchev–Trinajstić information content (AvgIpc) is 3.21. The van der Waals surface area contributed by atoms with E-state index < -0.39 is 0 Å². The quantitative estimate of drug-likeness (QED) is 0.550. The maximum atomic E-state index is 12.0. The van der Waals surface area contributed by atoms with Gasteiger partial charge in [-0.05, 0) is 55.7 Å². The highest BCUT2D eigenvalue weighted by Crippen LogP contribution is 2.25. The van der Waals surface area contributed by atoms with Gasteiger partial charge in [0.15, 0.2) is 5.82 Å². The number of benzene rings is 2. The van der Waals surface area contributed by atoms with Crippen LogP contribution in [0.25, 0.3) is 21.8 Å². The Morgan fingerprint density at radius 1 is 0.933 bits per heavy atom. The Morgan fingerprint density at radius 2 is 1.73 bits per heavy atom. The van der Waals surface area contributed by atoms with Crippen LogP contribution in [-0.4, -0.2) is 52.8 Å². The minimum absolute atomic E-state index is 0.00955. The molecule has 0 spiro atoms. The topological polar surface area (TPSA) is 68.0 Å². The van der Waals surface area contributed by atoms with Crippen molar-refractivity contribution < 1.29 is 0 Å². The molecular weight excluding hydrogens is 374 g/mol. The van der Waals surface area contributed by atoms with Gasteiger partial charge in [0.2, 0.25) is 0 Å². The molecule has 0 aliphatic carbocycles. The highest BCUT2D eigenvalue weighted by atomic mass is 16.1. The summed E-state index contributed by atoms with van der Waals surface area (Å²) in [7, 11) is 0. The lowest BCUT2D eigenvalue weighted by molar-refractivity contribution is 0.260. The van der Waals surface area contributed by atoms with E-state index >= 15 is 0 Å². The Hall–Kier alpha value is -3.12. The van der Waals surface area contributed by atoms with Crippen LogP contribution in [0.5, 0.6) is 0 Å². The third-order valence-corrected chi connectivity index (χ3v) is 6.48. The number of aromatic nitrogens is 3. The normalized spacial score (nSPS) is 15.3. The van der Waals surface area contributed by atoms with Crippen molar-refractivity contribution >= 4 is 27.6 Å². The number of anilines is 1. The van der Waals surface area contributed by atoms with Crippen LogP contribution in [0.3, 0.4) is 0 Å². The highest BCUT2D eigenvalue weighted by Gasteiger charge is 2.20. The van der Waals surface area contributed by atoms with E-state index in [0.717, 1.165) is 72.5 Å². The van der Waals surface area contributed by atoms with Gasteiger partial charge in [0.05, 0.1) is 5.52 Å². The predicted octanol–water partition coefficient (Wildman–Crippen LogP) is 3.39. The highest BCUT2D eigenvalue weighted by molar-refractivity contribution is 5.90. The number of nitrogens with one attached hydrogen (secondary N) is 2. The van der Waals surface area contributed by atoms with E-state index in [1.54, 1.807) is 0 Å². The molecule has 2 N–H and O–H groups in total. The second-order valence-corrected chi connectivity index (χ2v) is 8.26. The average molecular weight is 402 g/mol. The van der Waals surface area contributed by atoms with Crippen molar-refractivity contribution in [2.45, 2.75) is 20.3 Å². The molecule has 154 valence electrons. The molecule has 6 nitrogen and oxygen atoms in total. The van der Waals surface area contributed by atoms with Crippen molar-refractivity contribution in [3.63, 3.8) is 0 Å². The number of hydrogen-bond donors (Lipinski definition) is 2. The summed E-state index contributed by atoms with van der Waals surface area (Å²) < 4.78 is 0. The van der Waals surface area contributed by atoms with Crippen LogP contribution < -0.4 is 10.5 Å². The molecule has 2 aromatic heterocycles. The van der Waals surface area contributed by atoms with E-state index in [2.05, 4.69) is 55.3 Å². The molecular formula is C24H27N5O. The fourth-order valence-electron chi connectivity index (χ4n) is 4.42. The Labute approximate surface area is 175 Å². The molecule has 6 heteroatoms. The van der Waals surface area contributed by atoms with E-state index in [1.807, 2.05) is 26.0 Å². The van der Waals surface area contributed by atoms with Gasteiger partial charge in [0, 0.05) is 54.6 Å². The minimum atomic E-state index is 0.00955. The molecule has 1 saturated heterocycles. The Morgan fingerprint density at radius 3 is 2.57 bits per heavy atom. The molecule has 4 aromatic rings. The number of pyridine rings is 1. The van der Waals surface area contributed by atoms with E-state index in [1.165, 1.54) is 10.9 Å². The number of fused-ring (bicyclic) bond motifs is 2. The SMILES string of the molecule is Cc1c(C)c2cc(CCN3CCN(c4n[nH]c5ccccc45)CC3)ccc2[nH]c1=O. The number of H-pyrrole nitrogens is 2. The van der Waals surface area contributed by atoms with Gasteiger partial charge in [-0.15, -0.1) is 0 Å². The molecule has 1 fully saturated rings. The van der Waals surface area contributed by atoms with Crippen LogP contribution in [0.15, 0.2) is 47.3 Å². The summed E-state index contributed by atoms with van der Waals surface area (Å²) in [5, 5.41) is 10.0. The third-order valence-electron chi connectivity index (χ3n) is 6.48. The second-order valence-electron chi connectivity index (χ2n) is 8.26. The van der Waals surface area contributed by atoms with Gasteiger partial charge in [-0.1, -0.05) is 18.2 Å². The molecule has 1 aliphatic rings. The Balaban J connectivity index is 1.23. The second kappa shape index (κ2) is 7.61. The summed E-state index contributed by atoms with van der Waals surface area (Å²) >= 11 is 0. The van der Waals surface area contributed by atoms with Gasteiger partial charge in [0.1, 0.15) is 0 Å². The Kier molecular flexibility index (Phi) is 4.79. The van der Waals surface area contributed by atoms with Gasteiger partial charge in [-0.25, -0.2) is 0 Å². The van der Waals surface area contributed by atoms with Crippen LogP contribution in [0.1, 0.15) is 16.7 Å². The van der Waals surface area contributed by atoms with Gasteiger partial charge in [-0.2, -0.15) is 5.10 Å². The van der Waals surface area contributed by atoms with Gasteiger partial charge >= 0.3 is 0 Å². The van der Waals surface area contributed by atoms with Crippen LogP contribution in [-0.2, 0) is 6.42 Å². The van der Waals surface area contributed by atoms with Crippen LogP contribution in [0, 0.1) is 13.8 Å². The van der Waals surface area contributed by atoms with Gasteiger partial charge in [0.25, 0.3) is 5.56 Å². The molecule has 0 radical (unpaired) electrons. The summed E-state index contributed by atoms with van der Waals surface area (Å²) in [4.78, 5) is 19.9. The lowest BCUT2D eigenvalue weighted by Crippen LogP contribution is -2.47. The first kappa shape index (κ1) is 18.9. The molecule has 30 heavy (non-hydrogen) atoms. The smallest absolute Gasteiger partial charge is 0.251 e. The first-order valence-corrected chi connectivity index (χ1v) is 10.6. The zero-order valence-electron chi connectivity index (χ0n) is 17.5. The first-order valence-electron chi connectivity index (χ1n) is 10.6. The minimum Gasteiger partial charge on any atom is -0.352 e. The number of rotatable bonds is 4. The van der Waals surface area contributed by atoms with Crippen molar-refractivity contribution in [1.82, 2.24) is 20.1 Å². The van der Waals surface area contributed by atoms with Crippen molar-refractivity contribution in [1.29, 1.82) is 0 Å². The largest absolute Gasteiger partial charge is 0.352 e. The number of nitrogens with zero attached hydrogens (tertiary/aromatic N) is 3. The van der Waals surface area contributed by atoms with E-state index in [-0.39, 0.29) is 5.56 Å². The van der Waals surface area contributed by atoms with Crippen molar-refractivity contribution in [2.24, 2.45) is 0 Å². The zero-order valence-corrected chi connectivity index (χ0v) is 17.5. The zero-order chi connectivity index (χ0) is 20.7. The lowest BCUT2D eigenvalue weighted by Gasteiger charge is -2.35. The number of aromatic amines is 2. The molecule has 0 unspecified atom stereocenters. The van der Waals surface area contributed by atoms with Crippen LogP contribution in [0.2, 0.25) is 0 Å². The molecule has 0 atom stereocenters. The maximum absolute atomic E-state index is 12.0. The van der Waals surface area contributed by atoms with Crippen LogP contribution in [0.4, 0.5) is 5.82 Å². The fraction of sp³-hybridized carbons (Fsp3) is 0.333. The number of hydrogen-bond acceptors (Lipinski definition) is 4.